The molecular formula is C11H19N3S. The first-order valence-corrected chi connectivity index (χ1v) is 6.22. The van der Waals surface area contributed by atoms with Gasteiger partial charge in [-0.2, -0.15) is 0 Å². The molecule has 0 spiro atoms. The van der Waals surface area contributed by atoms with E-state index >= 15 is 0 Å². The maximum Gasteiger partial charge on any atom is 0.100 e. The molecule has 0 aliphatic heterocycles. The second-order valence-electron chi connectivity index (χ2n) is 4.81. The molecule has 1 aromatic rings. The number of rotatable bonds is 4. The molecule has 0 saturated heterocycles. The lowest BCUT2D eigenvalue weighted by molar-refractivity contribution is 0.406. The fourth-order valence-electron chi connectivity index (χ4n) is 1.92. The minimum Gasteiger partial charge on any atom is -0.327 e. The van der Waals surface area contributed by atoms with Crippen LogP contribution >= 0.6 is 11.3 Å². The largest absolute Gasteiger partial charge is 0.327 e. The molecule has 15 heavy (non-hydrogen) atoms. The first-order chi connectivity index (χ1) is 7.04. The molecule has 0 aromatic carbocycles. The number of nitrogens with zero attached hydrogens (tertiary/aromatic N) is 2. The minimum absolute atomic E-state index is 0.217. The molecule has 1 aliphatic carbocycles. The van der Waals surface area contributed by atoms with Crippen molar-refractivity contribution in [1.82, 2.24) is 9.88 Å². The van der Waals surface area contributed by atoms with Crippen molar-refractivity contribution in [3.05, 3.63) is 16.1 Å². The first kappa shape index (κ1) is 11.0. The third-order valence-corrected chi connectivity index (χ3v) is 4.31. The summed E-state index contributed by atoms with van der Waals surface area (Å²) < 4.78 is 0. The van der Waals surface area contributed by atoms with Crippen LogP contribution in [0.5, 0.6) is 0 Å². The molecule has 0 bridgehead atoms. The standard InChI is InChI=1S/C11H19N3S/c1-8(12)11(4-5-11)10-13-6-9(15-10)7-14(2)3/h6,8H,4-5,7,12H2,1-3H3. The topological polar surface area (TPSA) is 42.1 Å². The molecule has 4 heteroatoms. The third kappa shape index (κ3) is 2.07. The highest BCUT2D eigenvalue weighted by molar-refractivity contribution is 7.11. The summed E-state index contributed by atoms with van der Waals surface area (Å²) in [5.74, 6) is 0. The van der Waals surface area contributed by atoms with Crippen LogP contribution in [0, 0.1) is 0 Å². The van der Waals surface area contributed by atoms with Gasteiger partial charge in [0.05, 0.1) is 0 Å². The molecule has 1 heterocycles. The average molecular weight is 225 g/mol. The highest BCUT2D eigenvalue weighted by Crippen LogP contribution is 2.51. The summed E-state index contributed by atoms with van der Waals surface area (Å²) in [5, 5.41) is 1.24. The van der Waals surface area contributed by atoms with E-state index in [9.17, 15) is 0 Å². The highest BCUT2D eigenvalue weighted by atomic mass is 32.1. The van der Waals surface area contributed by atoms with Gasteiger partial charge in [0.25, 0.3) is 0 Å². The Bertz CT molecular complexity index is 339. The zero-order valence-corrected chi connectivity index (χ0v) is 10.5. The normalized spacial score (nSPS) is 20.6. The summed E-state index contributed by atoms with van der Waals surface area (Å²) in [5.41, 5.74) is 6.25. The van der Waals surface area contributed by atoms with Crippen LogP contribution in [-0.4, -0.2) is 30.0 Å². The fraction of sp³-hybridized carbons (Fsp3) is 0.727. The summed E-state index contributed by atoms with van der Waals surface area (Å²) in [4.78, 5) is 8.04. The number of thiazole rings is 1. The first-order valence-electron chi connectivity index (χ1n) is 5.40. The van der Waals surface area contributed by atoms with Crippen LogP contribution < -0.4 is 5.73 Å². The third-order valence-electron chi connectivity index (χ3n) is 3.11. The summed E-state index contributed by atoms with van der Waals surface area (Å²) >= 11 is 1.83. The van der Waals surface area contributed by atoms with Crippen molar-refractivity contribution in [3.8, 4) is 0 Å². The molecule has 1 unspecified atom stereocenters. The molecule has 1 saturated carbocycles. The van der Waals surface area contributed by atoms with Crippen molar-refractivity contribution in [2.75, 3.05) is 14.1 Å². The van der Waals surface area contributed by atoms with E-state index in [0.29, 0.717) is 0 Å². The van der Waals surface area contributed by atoms with Gasteiger partial charge < -0.3 is 10.6 Å². The molecule has 1 aliphatic rings. The Balaban J connectivity index is 2.14. The lowest BCUT2D eigenvalue weighted by atomic mass is 10.0. The fourth-order valence-corrected chi connectivity index (χ4v) is 3.30. The molecule has 1 atom stereocenters. The van der Waals surface area contributed by atoms with Crippen molar-refractivity contribution in [2.24, 2.45) is 5.73 Å². The smallest absolute Gasteiger partial charge is 0.100 e. The van der Waals surface area contributed by atoms with Crippen molar-refractivity contribution < 1.29 is 0 Å². The van der Waals surface area contributed by atoms with Gasteiger partial charge in [0, 0.05) is 29.1 Å². The molecular weight excluding hydrogens is 206 g/mol. The highest BCUT2D eigenvalue weighted by Gasteiger charge is 2.49. The van der Waals surface area contributed by atoms with Crippen molar-refractivity contribution in [2.45, 2.75) is 37.8 Å². The van der Waals surface area contributed by atoms with Crippen LogP contribution in [0.15, 0.2) is 6.20 Å². The summed E-state index contributed by atoms with van der Waals surface area (Å²) in [6.07, 6.45) is 4.42. The van der Waals surface area contributed by atoms with E-state index < -0.39 is 0 Å². The average Bonchev–Trinajstić information content (AvgIpc) is 2.83. The van der Waals surface area contributed by atoms with Crippen LogP contribution in [0.3, 0.4) is 0 Å². The van der Waals surface area contributed by atoms with Crippen molar-refractivity contribution >= 4 is 11.3 Å². The maximum atomic E-state index is 6.03. The molecule has 0 radical (unpaired) electrons. The number of nitrogens with two attached hydrogens (primary N) is 1. The van der Waals surface area contributed by atoms with E-state index in [0.717, 1.165) is 6.54 Å². The lowest BCUT2D eigenvalue weighted by Gasteiger charge is -2.16. The zero-order chi connectivity index (χ0) is 11.1. The van der Waals surface area contributed by atoms with Gasteiger partial charge >= 0.3 is 0 Å². The van der Waals surface area contributed by atoms with Crippen LogP contribution in [0.25, 0.3) is 0 Å². The molecule has 2 rings (SSSR count). The van der Waals surface area contributed by atoms with E-state index in [1.165, 1.54) is 22.7 Å². The van der Waals surface area contributed by atoms with Crippen LogP contribution in [0.4, 0.5) is 0 Å². The van der Waals surface area contributed by atoms with Gasteiger partial charge in [-0.1, -0.05) is 0 Å². The van der Waals surface area contributed by atoms with Crippen LogP contribution in [0.1, 0.15) is 29.7 Å². The molecule has 1 fully saturated rings. The van der Waals surface area contributed by atoms with Gasteiger partial charge in [0.15, 0.2) is 0 Å². The molecule has 0 amide bonds. The van der Waals surface area contributed by atoms with Crippen LogP contribution in [0.2, 0.25) is 0 Å². The molecule has 1 aromatic heterocycles. The summed E-state index contributed by atoms with van der Waals surface area (Å²) in [6.45, 7) is 3.08. The van der Waals surface area contributed by atoms with Gasteiger partial charge in [0.2, 0.25) is 0 Å². The zero-order valence-electron chi connectivity index (χ0n) is 9.66. The van der Waals surface area contributed by atoms with Gasteiger partial charge in [-0.15, -0.1) is 11.3 Å². The predicted octanol–water partition coefficient (Wildman–Crippen LogP) is 1.58. The SMILES string of the molecule is CC(N)C1(c2ncc(CN(C)C)s2)CC1. The summed E-state index contributed by atoms with van der Waals surface area (Å²) in [6, 6.07) is 0.232. The molecule has 2 N–H and O–H groups in total. The second-order valence-corrected chi connectivity index (χ2v) is 5.93. The Morgan fingerprint density at radius 1 is 1.60 bits per heavy atom. The number of aromatic nitrogens is 1. The molecule has 3 nitrogen and oxygen atoms in total. The minimum atomic E-state index is 0.217. The van der Waals surface area contributed by atoms with E-state index in [-0.39, 0.29) is 11.5 Å². The van der Waals surface area contributed by atoms with Gasteiger partial charge in [-0.3, -0.25) is 0 Å². The number of hydrogen-bond donors (Lipinski definition) is 1. The van der Waals surface area contributed by atoms with Gasteiger partial charge in [0.1, 0.15) is 5.01 Å². The van der Waals surface area contributed by atoms with Crippen LogP contribution in [-0.2, 0) is 12.0 Å². The van der Waals surface area contributed by atoms with E-state index in [1.54, 1.807) is 0 Å². The number of hydrogen-bond acceptors (Lipinski definition) is 4. The second kappa shape index (κ2) is 3.85. The Labute approximate surface area is 95.3 Å². The van der Waals surface area contributed by atoms with Crippen molar-refractivity contribution in [1.29, 1.82) is 0 Å². The Hall–Kier alpha value is -0.450. The lowest BCUT2D eigenvalue weighted by Crippen LogP contribution is -2.31. The monoisotopic (exact) mass is 225 g/mol. The summed E-state index contributed by atoms with van der Waals surface area (Å²) in [7, 11) is 4.16. The van der Waals surface area contributed by atoms with E-state index in [4.69, 9.17) is 5.73 Å². The van der Waals surface area contributed by atoms with Gasteiger partial charge in [-0.05, 0) is 33.9 Å². The van der Waals surface area contributed by atoms with Crippen molar-refractivity contribution in [3.63, 3.8) is 0 Å². The van der Waals surface area contributed by atoms with E-state index in [1.807, 2.05) is 17.5 Å². The Kier molecular flexibility index (Phi) is 2.83. The van der Waals surface area contributed by atoms with Gasteiger partial charge in [-0.25, -0.2) is 4.98 Å². The predicted molar refractivity (Wildman–Crippen MR) is 64.1 cm³/mol. The Morgan fingerprint density at radius 3 is 2.73 bits per heavy atom. The molecule has 84 valence electrons. The van der Waals surface area contributed by atoms with E-state index in [2.05, 4.69) is 30.9 Å². The Morgan fingerprint density at radius 2 is 2.27 bits per heavy atom. The quantitative estimate of drug-likeness (QED) is 0.846. The maximum absolute atomic E-state index is 6.03.